The molecule has 3 aromatic rings. The number of carbonyl (C=O) groups is 1. The molecule has 5 nitrogen and oxygen atoms in total. The van der Waals surface area contributed by atoms with E-state index in [1.807, 2.05) is 0 Å². The summed E-state index contributed by atoms with van der Waals surface area (Å²) >= 11 is 0. The van der Waals surface area contributed by atoms with Gasteiger partial charge in [-0.1, -0.05) is 12.1 Å². The molecule has 0 aliphatic rings. The number of rotatable bonds is 5. The Balaban J connectivity index is 2.01. The molecule has 1 N–H and O–H groups in total. The number of alkyl halides is 6. The first-order valence-electron chi connectivity index (χ1n) is 8.85. The number of imidazole rings is 1. The lowest BCUT2D eigenvalue weighted by Gasteiger charge is -2.17. The summed E-state index contributed by atoms with van der Waals surface area (Å²) in [5, 5.41) is 2.43. The maximum absolute atomic E-state index is 13.5. The summed E-state index contributed by atoms with van der Waals surface area (Å²) in [5.74, 6) is -0.173. The van der Waals surface area contributed by atoms with Crippen LogP contribution in [0.3, 0.4) is 0 Å². The van der Waals surface area contributed by atoms with Crippen LogP contribution in [0.15, 0.2) is 48.8 Å². The van der Waals surface area contributed by atoms with Crippen molar-refractivity contribution in [3.05, 3.63) is 83.2 Å². The Morgan fingerprint density at radius 2 is 1.81 bits per heavy atom. The zero-order chi connectivity index (χ0) is 22.8. The average molecular weight is 441 g/mol. The highest BCUT2D eigenvalue weighted by atomic mass is 19.4. The van der Waals surface area contributed by atoms with Crippen molar-refractivity contribution in [1.82, 2.24) is 14.9 Å². The molecule has 0 fully saturated rings. The first-order valence-corrected chi connectivity index (χ1v) is 8.85. The topological polar surface area (TPSA) is 61.0 Å². The van der Waals surface area contributed by atoms with E-state index < -0.39 is 41.1 Å². The number of carbonyl (C=O) groups excluding carboxylic acids is 1. The number of nitrogens with zero attached hydrogens (tertiary/aromatic N) is 3. The molecule has 0 bridgehead atoms. The van der Waals surface area contributed by atoms with Crippen molar-refractivity contribution in [3.8, 4) is 0 Å². The first kappa shape index (κ1) is 22.1. The molecule has 162 valence electrons. The summed E-state index contributed by atoms with van der Waals surface area (Å²) in [7, 11) is 0. The zero-order valence-corrected chi connectivity index (χ0v) is 15.9. The van der Waals surface area contributed by atoms with Crippen molar-refractivity contribution < 1.29 is 36.1 Å². The van der Waals surface area contributed by atoms with Gasteiger partial charge in [0.1, 0.15) is 17.9 Å². The lowest BCUT2D eigenvalue weighted by Crippen LogP contribution is -2.36. The van der Waals surface area contributed by atoms with E-state index in [4.69, 9.17) is 0 Å². The van der Waals surface area contributed by atoms with Gasteiger partial charge in [0.25, 0.3) is 0 Å². The van der Waals surface area contributed by atoms with Gasteiger partial charge in [-0.25, -0.2) is 4.98 Å². The van der Waals surface area contributed by atoms with Crippen molar-refractivity contribution >= 4 is 5.91 Å². The third-order valence-corrected chi connectivity index (χ3v) is 4.48. The molecule has 31 heavy (non-hydrogen) atoms. The van der Waals surface area contributed by atoms with E-state index in [9.17, 15) is 31.1 Å². The lowest BCUT2D eigenvalue weighted by atomic mass is 9.98. The zero-order valence-electron chi connectivity index (χ0n) is 15.9. The van der Waals surface area contributed by atoms with Gasteiger partial charge in [-0.05, 0) is 35.7 Å². The molecule has 2 aromatic heterocycles. The smallest absolute Gasteiger partial charge is 0.337 e. The van der Waals surface area contributed by atoms with Gasteiger partial charge in [-0.2, -0.15) is 26.3 Å². The fourth-order valence-electron chi connectivity index (χ4n) is 2.94. The van der Waals surface area contributed by atoms with Crippen LogP contribution in [0.2, 0.25) is 0 Å². The van der Waals surface area contributed by atoms with E-state index in [-0.39, 0.29) is 12.1 Å². The van der Waals surface area contributed by atoms with Gasteiger partial charge >= 0.3 is 24.2 Å². The van der Waals surface area contributed by atoms with Crippen LogP contribution in [-0.2, 0) is 23.7 Å². The van der Waals surface area contributed by atoms with E-state index in [1.54, 1.807) is 6.92 Å². The summed E-state index contributed by atoms with van der Waals surface area (Å²) in [6, 6.07) is 3.73. The number of halogens is 6. The number of benzene rings is 1. The number of aryl methyl sites for hydroxylation is 1. The molecule has 2 heterocycles. The highest BCUT2D eigenvalue weighted by molar-refractivity contribution is 5.76. The fourth-order valence-corrected chi connectivity index (χ4v) is 2.94. The summed E-state index contributed by atoms with van der Waals surface area (Å²) in [6.07, 6.45) is -4.17. The van der Waals surface area contributed by atoms with Crippen LogP contribution in [0.25, 0.3) is 0 Å². The van der Waals surface area contributed by atoms with Gasteiger partial charge in [-0.15, -0.1) is 0 Å². The molecule has 11 heteroatoms. The molecule has 0 spiro atoms. The average Bonchev–Trinajstić information content (AvgIpc) is 3.09. The van der Waals surface area contributed by atoms with Crippen LogP contribution in [0.4, 0.5) is 26.3 Å². The predicted octanol–water partition coefficient (Wildman–Crippen LogP) is 3.54. The summed E-state index contributed by atoms with van der Waals surface area (Å²) < 4.78 is 80.6. The van der Waals surface area contributed by atoms with Crippen LogP contribution in [0.1, 0.15) is 34.3 Å². The quantitative estimate of drug-likeness (QED) is 0.617. The molecule has 3 rings (SSSR count). The largest absolute Gasteiger partial charge is 0.423 e. The Labute approximate surface area is 172 Å². The summed E-state index contributed by atoms with van der Waals surface area (Å²) in [6.45, 7) is 1.39. The minimum absolute atomic E-state index is 0.00121. The van der Waals surface area contributed by atoms with E-state index in [0.717, 1.165) is 36.4 Å². The Bertz CT molecular complexity index is 1060. The third kappa shape index (κ3) is 5.14. The molecule has 0 aliphatic heterocycles. The minimum Gasteiger partial charge on any atom is -0.337 e. The highest BCUT2D eigenvalue weighted by Crippen LogP contribution is 2.35. The Hall–Kier alpha value is -3.55. The third-order valence-electron chi connectivity index (χ3n) is 4.48. The van der Waals surface area contributed by atoms with Gasteiger partial charge < -0.3 is 9.88 Å². The van der Waals surface area contributed by atoms with Crippen LogP contribution in [-0.4, -0.2) is 15.5 Å². The molecule has 1 atom stereocenters. The fraction of sp³-hybridized carbons (Fsp3) is 0.250. The van der Waals surface area contributed by atoms with Gasteiger partial charge in [0.15, 0.2) is 6.04 Å². The summed E-state index contributed by atoms with van der Waals surface area (Å²) in [4.78, 5) is 20.2. The molecule has 0 saturated carbocycles. The van der Waals surface area contributed by atoms with Gasteiger partial charge in [0.2, 0.25) is 5.91 Å². The van der Waals surface area contributed by atoms with E-state index in [2.05, 4.69) is 21.5 Å². The van der Waals surface area contributed by atoms with Crippen LogP contribution in [0.5, 0.6) is 0 Å². The SMILES string of the molecule is Cc1nccn1CC(=O)N[C@@H](c1ccc(C(F)(F)F)cc1)c1[n+]#cccc1C(F)(F)F. The second-order valence-electron chi connectivity index (χ2n) is 6.59. The second kappa shape index (κ2) is 8.29. The van der Waals surface area contributed by atoms with Crippen LogP contribution < -0.4 is 10.3 Å². The second-order valence-corrected chi connectivity index (χ2v) is 6.59. The standard InChI is InChI=1S/C20H14F6N4O/c1-12-27-9-10-30(12)11-16(31)29-17(13-4-6-14(7-5-13)19(21,22)23)18-15(20(24,25)26)3-2-8-28-18/h2-7,9-10,17H,11H2,1H3/p+1/t17-/m0/s1. The number of aromatic nitrogens is 3. The minimum atomic E-state index is -4.80. The first-order chi connectivity index (χ1) is 14.5. The molecule has 0 unspecified atom stereocenters. The Morgan fingerprint density at radius 3 is 2.35 bits per heavy atom. The molecule has 0 saturated heterocycles. The van der Waals surface area contributed by atoms with Crippen molar-refractivity contribution in [2.24, 2.45) is 0 Å². The Kier molecular flexibility index (Phi) is 5.92. The van der Waals surface area contributed by atoms with Gasteiger partial charge in [0.05, 0.1) is 11.6 Å². The molecule has 1 amide bonds. The number of nitrogens with one attached hydrogen (secondary N) is 1. The van der Waals surface area contributed by atoms with Gasteiger partial charge in [0, 0.05) is 12.4 Å². The van der Waals surface area contributed by atoms with E-state index in [0.29, 0.717) is 5.82 Å². The predicted molar refractivity (Wildman–Crippen MR) is 94.3 cm³/mol. The van der Waals surface area contributed by atoms with Crippen molar-refractivity contribution in [3.63, 3.8) is 0 Å². The van der Waals surface area contributed by atoms with Crippen LogP contribution in [0, 0.1) is 13.1 Å². The summed E-state index contributed by atoms with van der Waals surface area (Å²) in [5.41, 5.74) is -2.68. The van der Waals surface area contributed by atoms with Gasteiger partial charge in [-0.3, -0.25) is 4.79 Å². The monoisotopic (exact) mass is 441 g/mol. The lowest BCUT2D eigenvalue weighted by molar-refractivity contribution is -0.316. The Morgan fingerprint density at radius 1 is 1.13 bits per heavy atom. The number of hydrogen-bond donors (Lipinski definition) is 1. The normalized spacial score (nSPS) is 12.9. The van der Waals surface area contributed by atoms with E-state index in [1.165, 1.54) is 17.0 Å². The maximum Gasteiger partial charge on any atom is 0.423 e. The molecular weight excluding hydrogens is 426 g/mol. The number of amides is 1. The molecule has 1 aromatic carbocycles. The van der Waals surface area contributed by atoms with E-state index >= 15 is 0 Å². The maximum atomic E-state index is 13.5. The molecular formula is C20H15F6N4O+. The van der Waals surface area contributed by atoms with Crippen molar-refractivity contribution in [2.75, 3.05) is 0 Å². The highest BCUT2D eigenvalue weighted by Gasteiger charge is 2.43. The van der Waals surface area contributed by atoms with Crippen molar-refractivity contribution in [1.29, 1.82) is 0 Å². The van der Waals surface area contributed by atoms with Crippen LogP contribution >= 0.6 is 0 Å². The van der Waals surface area contributed by atoms with Crippen molar-refractivity contribution in [2.45, 2.75) is 31.9 Å². The molecule has 0 aliphatic carbocycles. The number of hydrogen-bond acceptors (Lipinski definition) is 2. The molecule has 0 radical (unpaired) electrons.